The van der Waals surface area contributed by atoms with Gasteiger partial charge < -0.3 is 28.9 Å². The molecule has 3 rings (SSSR count). The molecule has 0 aliphatic rings. The summed E-state index contributed by atoms with van der Waals surface area (Å²) in [5.41, 5.74) is -1.36. The zero-order valence-corrected chi connectivity index (χ0v) is 17.0. The van der Waals surface area contributed by atoms with Gasteiger partial charge in [-0.1, -0.05) is 36.4 Å². The zero-order valence-electron chi connectivity index (χ0n) is 16.1. The van der Waals surface area contributed by atoms with Crippen molar-refractivity contribution in [2.75, 3.05) is 0 Å². The van der Waals surface area contributed by atoms with E-state index in [0.717, 1.165) is 36.4 Å². The molecule has 0 saturated carbocycles. The third kappa shape index (κ3) is 5.05. The SMILES string of the molecule is O=C(OP(=O)(OC(=O)c1ccccc1O)OC(=O)c1ccccc1O)c1ccccc1O. The smallest absolute Gasteiger partial charge is 0.507 e. The highest BCUT2D eigenvalue weighted by atomic mass is 31.2. The van der Waals surface area contributed by atoms with Crippen LogP contribution in [0.2, 0.25) is 0 Å². The maximum Gasteiger partial charge on any atom is 0.654 e. The largest absolute Gasteiger partial charge is 0.654 e. The number of rotatable bonds is 6. The third-order valence-corrected chi connectivity index (χ3v) is 5.12. The standard InChI is InChI=1S/C21H15O10P/c22-16-10-4-1-7-13(16)19(25)29-32(28,30-20(26)14-8-2-5-11-17(14)23)31-21(27)15-9-3-6-12-18(15)24/h1-12,22-24H. The van der Waals surface area contributed by atoms with Gasteiger partial charge in [-0.25, -0.2) is 14.4 Å². The van der Waals surface area contributed by atoms with Gasteiger partial charge in [-0.2, -0.15) is 4.57 Å². The molecule has 0 atom stereocenters. The molecule has 0 heterocycles. The predicted octanol–water partition coefficient (Wildman–Crippen LogP) is 3.78. The Hall–Kier alpha value is -4.30. The van der Waals surface area contributed by atoms with E-state index in [2.05, 4.69) is 13.6 Å². The van der Waals surface area contributed by atoms with Crippen LogP contribution in [0.1, 0.15) is 31.1 Å². The van der Waals surface area contributed by atoms with Crippen LogP contribution in [-0.4, -0.2) is 33.2 Å². The van der Waals surface area contributed by atoms with E-state index in [4.69, 9.17) is 0 Å². The molecule has 32 heavy (non-hydrogen) atoms. The van der Waals surface area contributed by atoms with Crippen LogP contribution in [0, 0.1) is 0 Å². The Morgan fingerprint density at radius 3 is 1.03 bits per heavy atom. The van der Waals surface area contributed by atoms with Crippen molar-refractivity contribution in [2.24, 2.45) is 0 Å². The molecule has 0 fully saturated rings. The van der Waals surface area contributed by atoms with E-state index in [1.165, 1.54) is 36.4 Å². The van der Waals surface area contributed by atoms with Crippen LogP contribution < -0.4 is 0 Å². The van der Waals surface area contributed by atoms with Crippen molar-refractivity contribution < 1.29 is 47.8 Å². The van der Waals surface area contributed by atoms with Crippen LogP contribution in [0.5, 0.6) is 17.2 Å². The van der Waals surface area contributed by atoms with Crippen LogP contribution in [0.4, 0.5) is 0 Å². The lowest BCUT2D eigenvalue weighted by atomic mass is 10.2. The number of carbonyl (C=O) groups is 3. The fourth-order valence-electron chi connectivity index (χ4n) is 2.45. The van der Waals surface area contributed by atoms with Gasteiger partial charge in [-0.05, 0) is 36.4 Å². The van der Waals surface area contributed by atoms with E-state index in [1.54, 1.807) is 0 Å². The van der Waals surface area contributed by atoms with Gasteiger partial charge in [0.05, 0.1) is 0 Å². The highest BCUT2D eigenvalue weighted by Gasteiger charge is 2.41. The minimum Gasteiger partial charge on any atom is -0.507 e. The molecule has 0 radical (unpaired) electrons. The number of para-hydroxylation sites is 3. The molecule has 3 aromatic rings. The maximum absolute atomic E-state index is 13.1. The van der Waals surface area contributed by atoms with E-state index in [0.29, 0.717) is 0 Å². The lowest BCUT2D eigenvalue weighted by Crippen LogP contribution is -2.15. The molecule has 164 valence electrons. The van der Waals surface area contributed by atoms with Gasteiger partial charge in [0.15, 0.2) is 0 Å². The minimum absolute atomic E-state index is 0.454. The Bertz CT molecular complexity index is 1090. The van der Waals surface area contributed by atoms with Crippen molar-refractivity contribution in [1.82, 2.24) is 0 Å². The van der Waals surface area contributed by atoms with Crippen LogP contribution in [0.25, 0.3) is 0 Å². The summed E-state index contributed by atoms with van der Waals surface area (Å²) in [6.07, 6.45) is 0. The Morgan fingerprint density at radius 1 is 0.531 bits per heavy atom. The number of benzene rings is 3. The number of aromatic hydroxyl groups is 3. The van der Waals surface area contributed by atoms with Crippen molar-refractivity contribution in [3.63, 3.8) is 0 Å². The summed E-state index contributed by atoms with van der Waals surface area (Å²) in [6.45, 7) is 0. The summed E-state index contributed by atoms with van der Waals surface area (Å²) in [6, 6.07) is 15.1. The first-order valence-electron chi connectivity index (χ1n) is 8.86. The first kappa shape index (κ1) is 22.4. The van der Waals surface area contributed by atoms with Crippen LogP contribution in [-0.2, 0) is 18.1 Å². The number of phenols is 3. The average Bonchev–Trinajstić information content (AvgIpc) is 2.74. The molecule has 11 heteroatoms. The summed E-state index contributed by atoms with van der Waals surface area (Å²) in [4.78, 5) is 37.2. The van der Waals surface area contributed by atoms with Crippen molar-refractivity contribution >= 4 is 25.7 Å². The number of phosphoric acid groups is 1. The zero-order chi connectivity index (χ0) is 23.3. The van der Waals surface area contributed by atoms with Crippen molar-refractivity contribution in [2.45, 2.75) is 0 Å². The quantitative estimate of drug-likeness (QED) is 0.464. The number of hydrogen-bond acceptors (Lipinski definition) is 10. The molecule has 0 spiro atoms. The van der Waals surface area contributed by atoms with Gasteiger partial charge in [-0.3, -0.25) is 0 Å². The second kappa shape index (κ2) is 9.23. The Labute approximate surface area is 180 Å². The Morgan fingerprint density at radius 2 is 0.781 bits per heavy atom. The summed E-state index contributed by atoms with van der Waals surface area (Å²) in [7, 11) is -5.33. The molecule has 0 amide bonds. The molecule has 0 bridgehead atoms. The Kier molecular flexibility index (Phi) is 6.46. The van der Waals surface area contributed by atoms with E-state index in [9.17, 15) is 34.3 Å². The first-order valence-corrected chi connectivity index (χ1v) is 10.3. The van der Waals surface area contributed by atoms with Gasteiger partial charge in [0.1, 0.15) is 33.9 Å². The molecule has 0 aliphatic heterocycles. The molecule has 3 aromatic carbocycles. The van der Waals surface area contributed by atoms with Gasteiger partial charge >= 0.3 is 25.7 Å². The van der Waals surface area contributed by atoms with E-state index >= 15 is 0 Å². The summed E-state index contributed by atoms with van der Waals surface area (Å²) < 4.78 is 27.2. The van der Waals surface area contributed by atoms with Gasteiger partial charge in [0, 0.05) is 0 Å². The number of phenolic OH excluding ortho intramolecular Hbond substituents is 3. The van der Waals surface area contributed by atoms with E-state index in [1.807, 2.05) is 0 Å². The molecule has 0 aliphatic carbocycles. The molecule has 0 aromatic heterocycles. The van der Waals surface area contributed by atoms with Crippen molar-refractivity contribution in [3.8, 4) is 17.2 Å². The highest BCUT2D eigenvalue weighted by molar-refractivity contribution is 7.50. The first-order chi connectivity index (χ1) is 15.2. The fourth-order valence-corrected chi connectivity index (χ4v) is 3.46. The molecule has 10 nitrogen and oxygen atoms in total. The molecular weight excluding hydrogens is 443 g/mol. The van der Waals surface area contributed by atoms with Crippen LogP contribution >= 0.6 is 7.82 Å². The third-order valence-electron chi connectivity index (χ3n) is 3.96. The number of carbonyl (C=O) groups excluding carboxylic acids is 3. The molecule has 3 N–H and O–H groups in total. The topological polar surface area (TPSA) is 157 Å². The van der Waals surface area contributed by atoms with E-state index < -0.39 is 59.7 Å². The number of phosphoric ester groups is 1. The van der Waals surface area contributed by atoms with Crippen molar-refractivity contribution in [1.29, 1.82) is 0 Å². The van der Waals surface area contributed by atoms with Gasteiger partial charge in [0.25, 0.3) is 0 Å². The minimum atomic E-state index is -5.33. The summed E-state index contributed by atoms with van der Waals surface area (Å²) in [5.74, 6) is -5.90. The normalized spacial score (nSPS) is 10.8. The highest BCUT2D eigenvalue weighted by Crippen LogP contribution is 2.52. The van der Waals surface area contributed by atoms with Gasteiger partial charge in [0.2, 0.25) is 0 Å². The molecule has 0 unspecified atom stereocenters. The van der Waals surface area contributed by atoms with E-state index in [-0.39, 0.29) is 0 Å². The summed E-state index contributed by atoms with van der Waals surface area (Å²) in [5, 5.41) is 29.4. The second-order valence-corrected chi connectivity index (χ2v) is 7.58. The van der Waals surface area contributed by atoms with Crippen LogP contribution in [0.15, 0.2) is 72.8 Å². The molecular formula is C21H15O10P. The number of hydrogen-bond donors (Lipinski definition) is 3. The van der Waals surface area contributed by atoms with Gasteiger partial charge in [-0.15, -0.1) is 0 Å². The summed E-state index contributed by atoms with van der Waals surface area (Å²) >= 11 is 0. The Balaban J connectivity index is 1.93. The monoisotopic (exact) mass is 458 g/mol. The lowest BCUT2D eigenvalue weighted by molar-refractivity contribution is 0.0469. The van der Waals surface area contributed by atoms with Crippen molar-refractivity contribution in [3.05, 3.63) is 89.5 Å². The predicted molar refractivity (Wildman–Crippen MR) is 108 cm³/mol. The van der Waals surface area contributed by atoms with Crippen LogP contribution in [0.3, 0.4) is 0 Å². The fraction of sp³-hybridized carbons (Fsp3) is 0. The second-order valence-electron chi connectivity index (χ2n) is 6.13. The lowest BCUT2D eigenvalue weighted by Gasteiger charge is -2.17. The molecule has 0 saturated heterocycles. The average molecular weight is 458 g/mol. The maximum atomic E-state index is 13.1.